The highest BCUT2D eigenvalue weighted by Crippen LogP contribution is 2.62. The average molecular weight is 445 g/mol. The molecule has 5 nitrogen and oxygen atoms in total. The van der Waals surface area contributed by atoms with Crippen molar-refractivity contribution in [3.05, 3.63) is 11.6 Å². The molecule has 178 valence electrons. The highest BCUT2D eigenvalue weighted by atomic mass is 16.6. The molecule has 4 bridgehead atoms. The maximum Gasteiger partial charge on any atom is 0.312 e. The lowest BCUT2D eigenvalue weighted by molar-refractivity contribution is -0.194. The molecule has 5 heteroatoms. The first kappa shape index (κ1) is 21.6. The molecule has 2 heterocycles. The number of carbonyl (C=O) groups is 1. The summed E-state index contributed by atoms with van der Waals surface area (Å²) in [7, 11) is 1.77. The molecule has 32 heavy (non-hydrogen) atoms. The minimum absolute atomic E-state index is 0.0676. The van der Waals surface area contributed by atoms with Crippen LogP contribution in [0.25, 0.3) is 0 Å². The van der Waals surface area contributed by atoms with Crippen molar-refractivity contribution in [2.45, 2.75) is 108 Å². The highest BCUT2D eigenvalue weighted by Gasteiger charge is 2.72. The van der Waals surface area contributed by atoms with E-state index in [2.05, 4.69) is 26.8 Å². The van der Waals surface area contributed by atoms with Crippen LogP contribution < -0.4 is 0 Å². The van der Waals surface area contributed by atoms with Crippen LogP contribution in [0.15, 0.2) is 11.6 Å². The summed E-state index contributed by atoms with van der Waals surface area (Å²) in [5.41, 5.74) is 0.641. The van der Waals surface area contributed by atoms with Gasteiger partial charge < -0.3 is 18.9 Å². The molecule has 0 amide bonds. The van der Waals surface area contributed by atoms with E-state index < -0.39 is 0 Å². The van der Waals surface area contributed by atoms with Crippen molar-refractivity contribution >= 4 is 5.97 Å². The lowest BCUT2D eigenvalue weighted by atomic mass is 9.49. The smallest absolute Gasteiger partial charge is 0.312 e. The van der Waals surface area contributed by atoms with Crippen molar-refractivity contribution in [2.24, 2.45) is 29.1 Å². The fourth-order valence-electron chi connectivity index (χ4n) is 8.69. The van der Waals surface area contributed by atoms with Gasteiger partial charge in [0.1, 0.15) is 23.4 Å². The quantitative estimate of drug-likeness (QED) is 0.334. The third-order valence-electron chi connectivity index (χ3n) is 9.97. The lowest BCUT2D eigenvalue weighted by Crippen LogP contribution is -2.57. The van der Waals surface area contributed by atoms with Crippen molar-refractivity contribution in [2.75, 3.05) is 13.7 Å². The molecule has 0 aromatic carbocycles. The van der Waals surface area contributed by atoms with E-state index in [4.69, 9.17) is 18.9 Å². The van der Waals surface area contributed by atoms with E-state index in [1.54, 1.807) is 7.11 Å². The second-order valence-electron chi connectivity index (χ2n) is 12.5. The number of ether oxygens (including phenoxy) is 4. The van der Waals surface area contributed by atoms with Crippen molar-refractivity contribution in [1.82, 2.24) is 0 Å². The summed E-state index contributed by atoms with van der Waals surface area (Å²) in [6, 6.07) is 0. The standard InChI is InChI=1S/C27H40O5/c1-16(2)5-6-21-25(3,32-21)23-22(29-4)20(7-8-27(23)15-30-27)31-24(28)26-12-17-9-18(13-26)11-19(10-17)14-26/h5,17-23H,6-15H2,1-4H3/t17?,18?,19?,20-,21-,22-,23-,25+,26?,27+/m1/s1. The van der Waals surface area contributed by atoms with E-state index in [0.29, 0.717) is 0 Å². The molecule has 6 atom stereocenters. The molecule has 7 fully saturated rings. The first-order chi connectivity index (χ1) is 15.3. The van der Waals surface area contributed by atoms with Gasteiger partial charge in [-0.05, 0) is 96.3 Å². The molecule has 0 radical (unpaired) electrons. The van der Waals surface area contributed by atoms with Gasteiger partial charge in [0.25, 0.3) is 0 Å². The SMILES string of the molecule is CO[C@@H]1[C@H](OC(=O)C23CC4CC(CC(C4)C2)C3)CC[C@]2(CO2)[C@H]1[C@@]1(C)O[C@@H]1CC=C(C)C. The Kier molecular flexibility index (Phi) is 4.93. The number of hydrogen-bond donors (Lipinski definition) is 0. The number of esters is 1. The summed E-state index contributed by atoms with van der Waals surface area (Å²) >= 11 is 0. The molecule has 0 N–H and O–H groups in total. The zero-order chi connectivity index (χ0) is 22.3. The van der Waals surface area contributed by atoms with Gasteiger partial charge in [-0.1, -0.05) is 11.6 Å². The number of epoxide rings is 2. The largest absolute Gasteiger partial charge is 0.459 e. The third-order valence-corrected chi connectivity index (χ3v) is 9.97. The first-order valence-electron chi connectivity index (χ1n) is 13.0. The van der Waals surface area contributed by atoms with Gasteiger partial charge in [-0.25, -0.2) is 0 Å². The van der Waals surface area contributed by atoms with E-state index in [1.807, 2.05) is 0 Å². The van der Waals surface area contributed by atoms with Crippen molar-refractivity contribution in [1.29, 1.82) is 0 Å². The summed E-state index contributed by atoms with van der Waals surface area (Å²) in [5, 5.41) is 0. The Morgan fingerprint density at radius 3 is 2.25 bits per heavy atom. The lowest BCUT2D eigenvalue weighted by Gasteiger charge is -2.55. The van der Waals surface area contributed by atoms with Crippen LogP contribution in [0.3, 0.4) is 0 Å². The molecule has 0 aromatic rings. The zero-order valence-electron chi connectivity index (χ0n) is 20.2. The predicted octanol–water partition coefficient (Wildman–Crippen LogP) is 4.82. The summed E-state index contributed by atoms with van der Waals surface area (Å²) in [6.45, 7) is 7.23. The van der Waals surface area contributed by atoms with Gasteiger partial charge in [-0.15, -0.1) is 0 Å². The number of rotatable bonds is 6. The van der Waals surface area contributed by atoms with Crippen LogP contribution in [0.1, 0.15) is 78.6 Å². The van der Waals surface area contributed by atoms with Gasteiger partial charge in [0.05, 0.1) is 24.0 Å². The summed E-state index contributed by atoms with van der Waals surface area (Å²) in [6.07, 6.45) is 11.9. The van der Waals surface area contributed by atoms with Crippen LogP contribution in [0.2, 0.25) is 0 Å². The summed E-state index contributed by atoms with van der Waals surface area (Å²) < 4.78 is 24.9. The van der Waals surface area contributed by atoms with Crippen LogP contribution in [0.5, 0.6) is 0 Å². The van der Waals surface area contributed by atoms with Gasteiger partial charge in [-0.2, -0.15) is 0 Å². The van der Waals surface area contributed by atoms with Gasteiger partial charge in [0.15, 0.2) is 0 Å². The fourth-order valence-corrected chi connectivity index (χ4v) is 8.69. The fraction of sp³-hybridized carbons (Fsp3) is 0.889. The van der Waals surface area contributed by atoms with Crippen LogP contribution in [-0.2, 0) is 23.7 Å². The molecule has 0 aromatic heterocycles. The molecule has 5 saturated carbocycles. The van der Waals surface area contributed by atoms with E-state index in [-0.39, 0.29) is 46.8 Å². The van der Waals surface area contributed by atoms with Crippen molar-refractivity contribution < 1.29 is 23.7 Å². The monoisotopic (exact) mass is 444 g/mol. The Labute approximate surface area is 192 Å². The van der Waals surface area contributed by atoms with Crippen molar-refractivity contribution in [3.63, 3.8) is 0 Å². The molecule has 7 aliphatic rings. The molecule has 2 aliphatic heterocycles. The molecular weight excluding hydrogens is 404 g/mol. The maximum atomic E-state index is 13.7. The summed E-state index contributed by atoms with van der Waals surface area (Å²) in [5.74, 6) is 2.38. The first-order valence-corrected chi connectivity index (χ1v) is 13.0. The Hall–Kier alpha value is -0.910. The minimum atomic E-state index is -0.283. The highest BCUT2D eigenvalue weighted by molar-refractivity contribution is 5.77. The third kappa shape index (κ3) is 3.32. The molecule has 2 saturated heterocycles. The van der Waals surface area contributed by atoms with Gasteiger partial charge in [-0.3, -0.25) is 4.79 Å². The second kappa shape index (κ2) is 7.29. The van der Waals surface area contributed by atoms with Gasteiger partial charge >= 0.3 is 5.97 Å². The number of methoxy groups -OCH3 is 1. The molecular formula is C27H40O5. The molecule has 0 unspecified atom stereocenters. The van der Waals surface area contributed by atoms with E-state index in [0.717, 1.165) is 62.9 Å². The van der Waals surface area contributed by atoms with E-state index >= 15 is 0 Å². The van der Waals surface area contributed by atoms with Gasteiger partial charge in [0.2, 0.25) is 0 Å². The van der Waals surface area contributed by atoms with E-state index in [1.165, 1.54) is 24.8 Å². The van der Waals surface area contributed by atoms with E-state index in [9.17, 15) is 4.79 Å². The van der Waals surface area contributed by atoms with Crippen LogP contribution in [0, 0.1) is 29.1 Å². The number of allylic oxidation sites excluding steroid dienone is 1. The minimum Gasteiger partial charge on any atom is -0.459 e. The molecule has 5 aliphatic carbocycles. The summed E-state index contributed by atoms with van der Waals surface area (Å²) in [4.78, 5) is 13.7. The normalized spacial score (nSPS) is 52.7. The van der Waals surface area contributed by atoms with Crippen LogP contribution in [-0.4, -0.2) is 49.2 Å². The molecule has 7 rings (SSSR count). The van der Waals surface area contributed by atoms with Crippen LogP contribution in [0.4, 0.5) is 0 Å². The predicted molar refractivity (Wildman–Crippen MR) is 120 cm³/mol. The Morgan fingerprint density at radius 2 is 1.72 bits per heavy atom. The van der Waals surface area contributed by atoms with Gasteiger partial charge in [0, 0.05) is 7.11 Å². The Morgan fingerprint density at radius 1 is 1.09 bits per heavy atom. The Balaban J connectivity index is 1.20. The Bertz CT molecular complexity index is 774. The number of hydrogen-bond acceptors (Lipinski definition) is 5. The number of carbonyl (C=O) groups excluding carboxylic acids is 1. The van der Waals surface area contributed by atoms with Crippen molar-refractivity contribution in [3.8, 4) is 0 Å². The maximum absolute atomic E-state index is 13.7. The second-order valence-corrected chi connectivity index (χ2v) is 12.5. The molecule has 1 spiro atoms. The van der Waals surface area contributed by atoms with Crippen LogP contribution >= 0.6 is 0 Å². The average Bonchev–Trinajstić information content (AvgIpc) is 3.64. The topological polar surface area (TPSA) is 60.6 Å². The zero-order valence-corrected chi connectivity index (χ0v) is 20.2.